The Bertz CT molecular complexity index is 1620. The van der Waals surface area contributed by atoms with E-state index in [9.17, 15) is 23.1 Å². The highest BCUT2D eigenvalue weighted by Gasteiger charge is 2.60. The van der Waals surface area contributed by atoms with E-state index >= 15 is 0 Å². The molecule has 1 fully saturated rings. The Hall–Kier alpha value is -4.13. The molecule has 7 rings (SSSR count). The van der Waals surface area contributed by atoms with Crippen LogP contribution in [0.4, 0.5) is 13.2 Å². The maximum absolute atomic E-state index is 14.0. The molecule has 3 aliphatic carbocycles. The monoisotopic (exact) mass is 541 g/mol. The Kier molecular flexibility index (Phi) is 5.73. The standard InChI is InChI=1S/C33H26F3NO3/c34-33(35,36)28-9-5-4-8-22(28)25-15-23(19-6-2-1-3-7-19)21-11-10-18(12-24(21)25)17-40-29-14-20-13-26-30(27(20)16-37-29)31(26)32(38)39/h1-12,14,16,23,25-26,30-31H,13,15,17H2,(H,38,39)/t23?,25?,26-,30-,31+/m1/s1. The van der Waals surface area contributed by atoms with E-state index in [0.29, 0.717) is 17.9 Å². The van der Waals surface area contributed by atoms with Crippen LogP contribution in [0.15, 0.2) is 85.1 Å². The van der Waals surface area contributed by atoms with E-state index in [1.165, 1.54) is 12.1 Å². The predicted octanol–water partition coefficient (Wildman–Crippen LogP) is 7.32. The first-order chi connectivity index (χ1) is 19.3. The van der Waals surface area contributed by atoms with Crippen molar-refractivity contribution in [3.63, 3.8) is 0 Å². The minimum absolute atomic E-state index is 0.00287. The van der Waals surface area contributed by atoms with Gasteiger partial charge in [0, 0.05) is 30.0 Å². The van der Waals surface area contributed by atoms with Crippen molar-refractivity contribution in [1.29, 1.82) is 0 Å². The van der Waals surface area contributed by atoms with Crippen LogP contribution in [0, 0.1) is 11.8 Å². The van der Waals surface area contributed by atoms with Gasteiger partial charge in [-0.25, -0.2) is 4.98 Å². The Morgan fingerprint density at radius 2 is 1.68 bits per heavy atom. The van der Waals surface area contributed by atoms with Crippen LogP contribution in [0.2, 0.25) is 0 Å². The van der Waals surface area contributed by atoms with Crippen LogP contribution in [-0.2, 0) is 24.0 Å². The number of halogens is 3. The first-order valence-corrected chi connectivity index (χ1v) is 13.5. The lowest BCUT2D eigenvalue weighted by Gasteiger charge is -2.19. The molecule has 0 bridgehead atoms. The third kappa shape index (κ3) is 4.15. The summed E-state index contributed by atoms with van der Waals surface area (Å²) in [6.07, 6.45) is -1.43. The lowest BCUT2D eigenvalue weighted by molar-refractivity contribution is -0.139. The van der Waals surface area contributed by atoms with E-state index in [4.69, 9.17) is 4.74 Å². The number of hydrogen-bond acceptors (Lipinski definition) is 3. The van der Waals surface area contributed by atoms with Gasteiger partial charge in [-0.2, -0.15) is 13.2 Å². The van der Waals surface area contributed by atoms with Crippen molar-refractivity contribution in [2.75, 3.05) is 0 Å². The fourth-order valence-corrected chi connectivity index (χ4v) is 7.02. The molecule has 0 aliphatic heterocycles. The largest absolute Gasteiger partial charge is 0.481 e. The summed E-state index contributed by atoms with van der Waals surface area (Å²) < 4.78 is 48.1. The number of hydrogen-bond donors (Lipinski definition) is 1. The summed E-state index contributed by atoms with van der Waals surface area (Å²) in [5, 5.41) is 9.34. The molecule has 0 radical (unpaired) electrons. The van der Waals surface area contributed by atoms with Crippen LogP contribution in [0.5, 0.6) is 5.88 Å². The van der Waals surface area contributed by atoms with Crippen LogP contribution in [0.3, 0.4) is 0 Å². The average molecular weight is 542 g/mol. The van der Waals surface area contributed by atoms with Crippen LogP contribution in [0.1, 0.15) is 68.7 Å². The second-order valence-corrected chi connectivity index (χ2v) is 11.1. The SMILES string of the molecule is O=C(O)[C@H]1[C@@H]2Cc3cc(OCc4ccc5c(c4)C(c4ccccc4C(F)(F)F)CC5c4ccccc4)ncc3[C@@H]21. The van der Waals surface area contributed by atoms with Gasteiger partial charge in [0.05, 0.1) is 11.5 Å². The zero-order valence-corrected chi connectivity index (χ0v) is 21.4. The zero-order valence-electron chi connectivity index (χ0n) is 21.4. The third-order valence-electron chi connectivity index (χ3n) is 8.87. The Morgan fingerprint density at radius 1 is 0.900 bits per heavy atom. The van der Waals surface area contributed by atoms with Crippen molar-refractivity contribution in [2.45, 2.75) is 43.4 Å². The van der Waals surface area contributed by atoms with Crippen molar-refractivity contribution in [2.24, 2.45) is 11.8 Å². The summed E-state index contributed by atoms with van der Waals surface area (Å²) >= 11 is 0. The van der Waals surface area contributed by atoms with Crippen LogP contribution >= 0.6 is 0 Å². The molecule has 3 aliphatic rings. The fraction of sp³-hybridized carbons (Fsp3) is 0.273. The zero-order chi connectivity index (χ0) is 27.6. The lowest BCUT2D eigenvalue weighted by Crippen LogP contribution is -2.12. The number of pyridine rings is 1. The number of fused-ring (bicyclic) bond motifs is 4. The number of ether oxygens (including phenoxy) is 1. The molecule has 1 N–H and O–H groups in total. The second kappa shape index (κ2) is 9.22. The fourth-order valence-electron chi connectivity index (χ4n) is 7.02. The first kappa shape index (κ1) is 24.9. The van der Waals surface area contributed by atoms with Gasteiger partial charge < -0.3 is 9.84 Å². The van der Waals surface area contributed by atoms with E-state index in [-0.39, 0.29) is 30.3 Å². The molecule has 0 saturated heterocycles. The van der Waals surface area contributed by atoms with E-state index in [1.807, 2.05) is 54.6 Å². The summed E-state index contributed by atoms with van der Waals surface area (Å²) in [6.45, 7) is 0.229. The number of benzene rings is 3. The molecule has 1 saturated carbocycles. The van der Waals surface area contributed by atoms with Gasteiger partial charge in [0.15, 0.2) is 0 Å². The number of rotatable bonds is 6. The number of carbonyl (C=O) groups is 1. The molecule has 0 spiro atoms. The molecular formula is C33H26F3NO3. The molecule has 0 amide bonds. The van der Waals surface area contributed by atoms with Gasteiger partial charge in [-0.15, -0.1) is 0 Å². The highest BCUT2D eigenvalue weighted by molar-refractivity contribution is 5.77. The van der Waals surface area contributed by atoms with E-state index in [1.54, 1.807) is 18.3 Å². The van der Waals surface area contributed by atoms with E-state index in [0.717, 1.165) is 39.8 Å². The van der Waals surface area contributed by atoms with Gasteiger partial charge in [0.1, 0.15) is 6.61 Å². The van der Waals surface area contributed by atoms with Crippen molar-refractivity contribution in [3.8, 4) is 5.88 Å². The highest BCUT2D eigenvalue weighted by atomic mass is 19.4. The smallest absolute Gasteiger partial charge is 0.416 e. The number of nitrogens with zero attached hydrogens (tertiary/aromatic N) is 1. The molecule has 5 atom stereocenters. The third-order valence-corrected chi connectivity index (χ3v) is 8.87. The highest BCUT2D eigenvalue weighted by Crippen LogP contribution is 2.61. The first-order valence-electron chi connectivity index (χ1n) is 13.5. The van der Waals surface area contributed by atoms with Gasteiger partial charge in [-0.05, 0) is 63.8 Å². The second-order valence-electron chi connectivity index (χ2n) is 11.1. The van der Waals surface area contributed by atoms with Gasteiger partial charge in [0.2, 0.25) is 5.88 Å². The number of carboxylic acids is 1. The molecule has 40 heavy (non-hydrogen) atoms. The van der Waals surface area contributed by atoms with Crippen molar-refractivity contribution in [3.05, 3.63) is 130 Å². The molecule has 7 heteroatoms. The quantitative estimate of drug-likeness (QED) is 0.278. The Morgan fingerprint density at radius 3 is 2.45 bits per heavy atom. The minimum atomic E-state index is -4.44. The molecule has 202 valence electrons. The molecular weight excluding hydrogens is 515 g/mol. The van der Waals surface area contributed by atoms with Crippen molar-refractivity contribution >= 4 is 5.97 Å². The summed E-state index contributed by atoms with van der Waals surface area (Å²) in [5.74, 6) is -0.781. The van der Waals surface area contributed by atoms with E-state index < -0.39 is 23.6 Å². The minimum Gasteiger partial charge on any atom is -0.481 e. The normalized spacial score (nSPS) is 24.2. The average Bonchev–Trinajstić information content (AvgIpc) is 3.35. The van der Waals surface area contributed by atoms with Crippen molar-refractivity contribution in [1.82, 2.24) is 4.98 Å². The topological polar surface area (TPSA) is 59.4 Å². The molecule has 3 aromatic carbocycles. The molecule has 2 unspecified atom stereocenters. The lowest BCUT2D eigenvalue weighted by atomic mass is 9.87. The van der Waals surface area contributed by atoms with Gasteiger partial charge in [0.25, 0.3) is 0 Å². The Labute approximate surface area is 229 Å². The number of aromatic nitrogens is 1. The number of alkyl halides is 3. The molecule has 1 aromatic heterocycles. The summed E-state index contributed by atoms with van der Waals surface area (Å²) in [5.41, 5.74) is 5.68. The summed E-state index contributed by atoms with van der Waals surface area (Å²) in [6, 6.07) is 23.7. The summed E-state index contributed by atoms with van der Waals surface area (Å²) in [7, 11) is 0. The number of carboxylic acid groups (broad SMARTS) is 1. The maximum Gasteiger partial charge on any atom is 0.416 e. The predicted molar refractivity (Wildman–Crippen MR) is 142 cm³/mol. The maximum atomic E-state index is 14.0. The van der Waals surface area contributed by atoms with Gasteiger partial charge in [-0.1, -0.05) is 66.7 Å². The molecule has 4 nitrogen and oxygen atoms in total. The Balaban J connectivity index is 1.18. The molecule has 4 aromatic rings. The van der Waals surface area contributed by atoms with E-state index in [2.05, 4.69) is 4.98 Å². The number of aliphatic carboxylic acids is 1. The van der Waals surface area contributed by atoms with Crippen LogP contribution < -0.4 is 4.74 Å². The van der Waals surface area contributed by atoms with Crippen molar-refractivity contribution < 1.29 is 27.8 Å². The van der Waals surface area contributed by atoms with Crippen LogP contribution in [-0.4, -0.2) is 16.1 Å². The van der Waals surface area contributed by atoms with Gasteiger partial charge in [-0.3, -0.25) is 4.79 Å². The van der Waals surface area contributed by atoms with Gasteiger partial charge >= 0.3 is 12.1 Å². The summed E-state index contributed by atoms with van der Waals surface area (Å²) in [4.78, 5) is 15.8. The molecule has 1 heterocycles. The van der Waals surface area contributed by atoms with Crippen LogP contribution in [0.25, 0.3) is 0 Å².